The van der Waals surface area contributed by atoms with E-state index in [9.17, 15) is 4.79 Å². The van der Waals surface area contributed by atoms with Crippen LogP contribution in [0, 0.1) is 5.92 Å². The van der Waals surface area contributed by atoms with Crippen molar-refractivity contribution >= 4 is 5.91 Å². The number of amides is 1. The monoisotopic (exact) mass is 265 g/mol. The van der Waals surface area contributed by atoms with Gasteiger partial charge in [-0.15, -0.1) is 0 Å². The lowest BCUT2D eigenvalue weighted by atomic mass is 10.1. The number of aromatic nitrogens is 1. The quantitative estimate of drug-likeness (QED) is 0.781. The fourth-order valence-corrected chi connectivity index (χ4v) is 1.43. The number of hydrogen-bond donors (Lipinski definition) is 2. The SMILES string of the molecule is COc1ccc(CNCC(=O)NC(C)C(C)C)cn1. The van der Waals surface area contributed by atoms with Crippen molar-refractivity contribution in [3.63, 3.8) is 0 Å². The third kappa shape index (κ3) is 5.70. The minimum absolute atomic E-state index is 0.0164. The van der Waals surface area contributed by atoms with E-state index in [1.54, 1.807) is 19.4 Å². The van der Waals surface area contributed by atoms with Crippen molar-refractivity contribution in [2.45, 2.75) is 33.4 Å². The molecule has 5 nitrogen and oxygen atoms in total. The molecule has 0 aliphatic rings. The fourth-order valence-electron chi connectivity index (χ4n) is 1.43. The molecule has 1 heterocycles. The molecule has 0 spiro atoms. The number of ether oxygens (including phenoxy) is 1. The van der Waals surface area contributed by atoms with Gasteiger partial charge in [-0.2, -0.15) is 0 Å². The van der Waals surface area contributed by atoms with Crippen molar-refractivity contribution in [2.75, 3.05) is 13.7 Å². The summed E-state index contributed by atoms with van der Waals surface area (Å²) < 4.78 is 4.98. The summed E-state index contributed by atoms with van der Waals surface area (Å²) in [7, 11) is 1.58. The molecule has 0 saturated heterocycles. The van der Waals surface area contributed by atoms with Crippen molar-refractivity contribution in [1.29, 1.82) is 0 Å². The molecule has 1 aromatic heterocycles. The van der Waals surface area contributed by atoms with Gasteiger partial charge in [0.05, 0.1) is 13.7 Å². The van der Waals surface area contributed by atoms with Gasteiger partial charge in [-0.3, -0.25) is 4.79 Å². The molecular formula is C14H23N3O2. The third-order valence-corrected chi connectivity index (χ3v) is 3.01. The second-order valence-corrected chi connectivity index (χ2v) is 4.91. The molecule has 0 saturated carbocycles. The van der Waals surface area contributed by atoms with E-state index in [1.165, 1.54) is 0 Å². The molecule has 0 aromatic carbocycles. The van der Waals surface area contributed by atoms with Crippen LogP contribution >= 0.6 is 0 Å². The lowest BCUT2D eigenvalue weighted by Crippen LogP contribution is -2.41. The van der Waals surface area contributed by atoms with E-state index in [0.29, 0.717) is 24.9 Å². The predicted molar refractivity (Wildman–Crippen MR) is 74.9 cm³/mol. The number of nitrogens with one attached hydrogen (secondary N) is 2. The molecule has 0 bridgehead atoms. The maximum atomic E-state index is 11.6. The highest BCUT2D eigenvalue weighted by atomic mass is 16.5. The molecule has 2 N–H and O–H groups in total. The minimum Gasteiger partial charge on any atom is -0.481 e. The first kappa shape index (κ1) is 15.4. The highest BCUT2D eigenvalue weighted by Crippen LogP contribution is 2.06. The van der Waals surface area contributed by atoms with E-state index in [-0.39, 0.29) is 11.9 Å². The second-order valence-electron chi connectivity index (χ2n) is 4.91. The Morgan fingerprint density at radius 1 is 1.37 bits per heavy atom. The molecule has 1 unspecified atom stereocenters. The van der Waals surface area contributed by atoms with Gasteiger partial charge in [0, 0.05) is 24.8 Å². The van der Waals surface area contributed by atoms with Crippen LogP contribution in [0.4, 0.5) is 0 Å². The molecule has 106 valence electrons. The summed E-state index contributed by atoms with van der Waals surface area (Å²) in [5.74, 6) is 1.05. The van der Waals surface area contributed by atoms with E-state index in [2.05, 4.69) is 29.5 Å². The Labute approximate surface area is 114 Å². The lowest BCUT2D eigenvalue weighted by Gasteiger charge is -2.17. The second kappa shape index (κ2) is 7.74. The summed E-state index contributed by atoms with van der Waals surface area (Å²) >= 11 is 0. The van der Waals surface area contributed by atoms with Crippen LogP contribution in [0.3, 0.4) is 0 Å². The molecule has 1 aromatic rings. The van der Waals surface area contributed by atoms with Crippen LogP contribution in [-0.4, -0.2) is 30.6 Å². The van der Waals surface area contributed by atoms with E-state index in [1.807, 2.05) is 13.0 Å². The number of hydrogen-bond acceptors (Lipinski definition) is 4. The summed E-state index contributed by atoms with van der Waals surface area (Å²) in [5, 5.41) is 6.04. The van der Waals surface area contributed by atoms with Crippen LogP contribution in [0.15, 0.2) is 18.3 Å². The molecule has 1 rings (SSSR count). The Kier molecular flexibility index (Phi) is 6.29. The summed E-state index contributed by atoms with van der Waals surface area (Å²) in [4.78, 5) is 15.7. The van der Waals surface area contributed by atoms with Crippen LogP contribution in [0.1, 0.15) is 26.3 Å². The van der Waals surface area contributed by atoms with Crippen molar-refractivity contribution in [3.8, 4) is 5.88 Å². The van der Waals surface area contributed by atoms with Crippen molar-refractivity contribution in [2.24, 2.45) is 5.92 Å². The maximum absolute atomic E-state index is 11.6. The topological polar surface area (TPSA) is 63.2 Å². The Balaban J connectivity index is 2.27. The molecule has 1 atom stereocenters. The van der Waals surface area contributed by atoms with Gasteiger partial charge in [0.25, 0.3) is 0 Å². The zero-order valence-electron chi connectivity index (χ0n) is 12.1. The van der Waals surface area contributed by atoms with Gasteiger partial charge >= 0.3 is 0 Å². The van der Waals surface area contributed by atoms with Crippen LogP contribution in [0.5, 0.6) is 5.88 Å². The third-order valence-electron chi connectivity index (χ3n) is 3.01. The Bertz CT molecular complexity index is 390. The molecule has 19 heavy (non-hydrogen) atoms. The highest BCUT2D eigenvalue weighted by molar-refractivity contribution is 5.78. The van der Waals surface area contributed by atoms with Gasteiger partial charge in [-0.05, 0) is 18.4 Å². The zero-order valence-corrected chi connectivity index (χ0v) is 12.1. The number of nitrogens with zero attached hydrogens (tertiary/aromatic N) is 1. The molecule has 5 heteroatoms. The summed E-state index contributed by atoms with van der Waals surface area (Å²) in [6, 6.07) is 3.92. The van der Waals surface area contributed by atoms with E-state index >= 15 is 0 Å². The molecule has 0 aliphatic carbocycles. The van der Waals surface area contributed by atoms with Gasteiger partial charge in [0.2, 0.25) is 11.8 Å². The van der Waals surface area contributed by atoms with Crippen molar-refractivity contribution in [3.05, 3.63) is 23.9 Å². The average Bonchev–Trinajstić information content (AvgIpc) is 2.39. The smallest absolute Gasteiger partial charge is 0.234 e. The van der Waals surface area contributed by atoms with Crippen molar-refractivity contribution in [1.82, 2.24) is 15.6 Å². The van der Waals surface area contributed by atoms with Gasteiger partial charge in [-0.25, -0.2) is 4.98 Å². The molecule has 0 radical (unpaired) electrons. The Morgan fingerprint density at radius 2 is 2.11 bits per heavy atom. The largest absolute Gasteiger partial charge is 0.481 e. The van der Waals surface area contributed by atoms with Crippen LogP contribution in [0.25, 0.3) is 0 Å². The van der Waals surface area contributed by atoms with E-state index in [0.717, 1.165) is 5.56 Å². The first-order chi connectivity index (χ1) is 9.02. The molecule has 0 fully saturated rings. The summed E-state index contributed by atoms with van der Waals surface area (Å²) in [6.07, 6.45) is 1.74. The first-order valence-electron chi connectivity index (χ1n) is 6.52. The van der Waals surface area contributed by atoms with Crippen LogP contribution in [-0.2, 0) is 11.3 Å². The Morgan fingerprint density at radius 3 is 2.63 bits per heavy atom. The number of carbonyl (C=O) groups is 1. The van der Waals surface area contributed by atoms with Crippen LogP contribution in [0.2, 0.25) is 0 Å². The number of rotatable bonds is 7. The fraction of sp³-hybridized carbons (Fsp3) is 0.571. The minimum atomic E-state index is 0.0164. The standard InChI is InChI=1S/C14H23N3O2/c1-10(2)11(3)17-13(18)9-15-7-12-5-6-14(19-4)16-8-12/h5-6,8,10-11,15H,7,9H2,1-4H3,(H,17,18). The van der Waals surface area contributed by atoms with Crippen molar-refractivity contribution < 1.29 is 9.53 Å². The number of pyridine rings is 1. The maximum Gasteiger partial charge on any atom is 0.234 e. The van der Waals surface area contributed by atoms with Gasteiger partial charge < -0.3 is 15.4 Å². The highest BCUT2D eigenvalue weighted by Gasteiger charge is 2.09. The van der Waals surface area contributed by atoms with Gasteiger partial charge in [0.15, 0.2) is 0 Å². The van der Waals surface area contributed by atoms with E-state index in [4.69, 9.17) is 4.74 Å². The molecule has 1 amide bonds. The number of carbonyl (C=O) groups excluding carboxylic acids is 1. The van der Waals surface area contributed by atoms with Crippen LogP contribution < -0.4 is 15.4 Å². The lowest BCUT2D eigenvalue weighted by molar-refractivity contribution is -0.121. The number of methoxy groups -OCH3 is 1. The predicted octanol–water partition coefficient (Wildman–Crippen LogP) is 1.34. The van der Waals surface area contributed by atoms with E-state index < -0.39 is 0 Å². The van der Waals surface area contributed by atoms with Gasteiger partial charge in [-0.1, -0.05) is 19.9 Å². The average molecular weight is 265 g/mol. The Hall–Kier alpha value is -1.62. The first-order valence-corrected chi connectivity index (χ1v) is 6.52. The zero-order chi connectivity index (χ0) is 14.3. The van der Waals surface area contributed by atoms with Gasteiger partial charge in [0.1, 0.15) is 0 Å². The summed E-state index contributed by atoms with van der Waals surface area (Å²) in [5.41, 5.74) is 1.02. The molecular weight excluding hydrogens is 242 g/mol. The summed E-state index contributed by atoms with van der Waals surface area (Å²) in [6.45, 7) is 7.10. The normalized spacial score (nSPS) is 12.3. The molecule has 0 aliphatic heterocycles.